The van der Waals surface area contributed by atoms with Gasteiger partial charge in [0.2, 0.25) is 0 Å². The lowest BCUT2D eigenvalue weighted by Gasteiger charge is -2.61. The molecule has 5 rings (SSSR count). The molecule has 4 aliphatic rings. The van der Waals surface area contributed by atoms with Gasteiger partial charge < -0.3 is 24.8 Å². The van der Waals surface area contributed by atoms with E-state index in [9.17, 15) is 15.4 Å². The van der Waals surface area contributed by atoms with Gasteiger partial charge in [0.1, 0.15) is 12.2 Å². The Hall–Kier alpha value is -1.56. The minimum Gasteiger partial charge on any atom is -0.633 e. The van der Waals surface area contributed by atoms with Crippen LogP contribution in [0.3, 0.4) is 0 Å². The fourth-order valence-corrected chi connectivity index (χ4v) is 5.39. The average molecular weight is 301 g/mol. The fourth-order valence-electron chi connectivity index (χ4n) is 5.39. The highest BCUT2D eigenvalue weighted by molar-refractivity contribution is 5.61. The largest absolute Gasteiger partial charge is 0.633 e. The molecule has 2 heterocycles. The van der Waals surface area contributed by atoms with Crippen LogP contribution in [0, 0.1) is 11.1 Å². The Bertz CT molecular complexity index is 713. The molecule has 1 aromatic carbocycles. The second-order valence-electron chi connectivity index (χ2n) is 7.35. The van der Waals surface area contributed by atoms with Crippen LogP contribution >= 0.6 is 0 Å². The number of hydroxylamine groups is 3. The number of benzene rings is 1. The molecule has 0 saturated carbocycles. The number of ether oxygens (including phenoxy) is 1. The molecular formula is C17H19NO4. The van der Waals surface area contributed by atoms with Crippen LogP contribution in [0.1, 0.15) is 17.5 Å². The van der Waals surface area contributed by atoms with Crippen molar-refractivity contribution in [1.82, 2.24) is 0 Å². The number of likely N-dealkylation sites (tertiary alicyclic amines) is 1. The van der Waals surface area contributed by atoms with E-state index >= 15 is 0 Å². The number of aliphatic hydroxyl groups excluding tert-OH is 1. The highest BCUT2D eigenvalue weighted by Gasteiger charge is 2.66. The van der Waals surface area contributed by atoms with E-state index in [2.05, 4.69) is 0 Å². The molecule has 2 bridgehead atoms. The summed E-state index contributed by atoms with van der Waals surface area (Å²) in [5.74, 6) is 0.722. The van der Waals surface area contributed by atoms with Crippen molar-refractivity contribution in [3.63, 3.8) is 0 Å². The molecule has 116 valence electrons. The summed E-state index contributed by atoms with van der Waals surface area (Å²) in [6.45, 7) is 0.524. The van der Waals surface area contributed by atoms with Gasteiger partial charge in [0, 0.05) is 24.3 Å². The van der Waals surface area contributed by atoms with Gasteiger partial charge in [-0.25, -0.2) is 0 Å². The molecule has 6 atom stereocenters. The number of aliphatic hydroxyl groups is 1. The first kappa shape index (κ1) is 12.9. The van der Waals surface area contributed by atoms with Gasteiger partial charge in [0.15, 0.2) is 11.5 Å². The number of piperidine rings is 1. The van der Waals surface area contributed by atoms with Crippen molar-refractivity contribution >= 4 is 0 Å². The number of phenols is 1. The SMILES string of the molecule is C[N+]1([O-])CCC23c4c5ccc(O)c4OC2C(O)C=CC3C1C5. The normalized spacial score (nSPS) is 47.0. The maximum absolute atomic E-state index is 12.9. The van der Waals surface area contributed by atoms with Crippen LogP contribution in [0.4, 0.5) is 0 Å². The summed E-state index contributed by atoms with van der Waals surface area (Å²) in [5, 5.41) is 33.6. The summed E-state index contributed by atoms with van der Waals surface area (Å²) in [5.41, 5.74) is 1.78. The van der Waals surface area contributed by atoms with Gasteiger partial charge >= 0.3 is 0 Å². The van der Waals surface area contributed by atoms with Crippen LogP contribution in [0.2, 0.25) is 0 Å². The molecule has 2 aliphatic heterocycles. The summed E-state index contributed by atoms with van der Waals surface area (Å²) >= 11 is 0. The van der Waals surface area contributed by atoms with E-state index in [1.165, 1.54) is 0 Å². The molecule has 2 aliphatic carbocycles. The summed E-state index contributed by atoms with van der Waals surface area (Å²) in [6, 6.07) is 3.51. The average Bonchev–Trinajstić information content (AvgIpc) is 2.84. The number of hydrogen-bond acceptors (Lipinski definition) is 4. The van der Waals surface area contributed by atoms with Crippen molar-refractivity contribution in [1.29, 1.82) is 0 Å². The Morgan fingerprint density at radius 3 is 3.00 bits per heavy atom. The summed E-state index contributed by atoms with van der Waals surface area (Å²) in [6.07, 6.45) is 4.07. The predicted molar refractivity (Wildman–Crippen MR) is 79.4 cm³/mol. The summed E-state index contributed by atoms with van der Waals surface area (Å²) < 4.78 is 5.79. The molecule has 22 heavy (non-hydrogen) atoms. The molecule has 1 saturated heterocycles. The van der Waals surface area contributed by atoms with Gasteiger partial charge in [0.05, 0.1) is 25.0 Å². The predicted octanol–water partition coefficient (Wildman–Crippen LogP) is 1.21. The Morgan fingerprint density at radius 2 is 2.18 bits per heavy atom. The highest BCUT2D eigenvalue weighted by Crippen LogP contribution is 2.63. The number of phenolic OH excluding ortho intramolecular Hbond substituents is 1. The third-order valence-electron chi connectivity index (χ3n) is 6.38. The van der Waals surface area contributed by atoms with E-state index in [0.29, 0.717) is 25.1 Å². The van der Waals surface area contributed by atoms with Gasteiger partial charge in [-0.15, -0.1) is 0 Å². The monoisotopic (exact) mass is 301 g/mol. The molecule has 0 radical (unpaired) electrons. The van der Waals surface area contributed by atoms with Gasteiger partial charge in [-0.1, -0.05) is 18.2 Å². The Morgan fingerprint density at radius 1 is 1.36 bits per heavy atom. The van der Waals surface area contributed by atoms with Crippen LogP contribution in [-0.4, -0.2) is 46.7 Å². The zero-order chi connectivity index (χ0) is 15.3. The lowest BCUT2D eigenvalue weighted by Crippen LogP contribution is -2.69. The molecule has 0 amide bonds. The zero-order valence-corrected chi connectivity index (χ0v) is 12.4. The van der Waals surface area contributed by atoms with Gasteiger partial charge in [-0.2, -0.15) is 0 Å². The van der Waals surface area contributed by atoms with Gasteiger partial charge in [-0.05, 0) is 11.6 Å². The number of rotatable bonds is 0. The van der Waals surface area contributed by atoms with Gasteiger partial charge in [-0.3, -0.25) is 0 Å². The minimum atomic E-state index is -0.696. The summed E-state index contributed by atoms with van der Waals surface area (Å²) in [7, 11) is 1.76. The molecule has 1 fully saturated rings. The second-order valence-corrected chi connectivity index (χ2v) is 7.35. The Labute approximate surface area is 128 Å². The first-order valence-corrected chi connectivity index (χ1v) is 7.90. The van der Waals surface area contributed by atoms with Gasteiger partial charge in [0.25, 0.3) is 0 Å². The molecule has 5 heteroatoms. The fraction of sp³-hybridized carbons (Fsp3) is 0.529. The molecule has 6 unspecified atom stereocenters. The molecule has 1 spiro atoms. The summed E-state index contributed by atoms with van der Waals surface area (Å²) in [4.78, 5) is 0. The van der Waals surface area contributed by atoms with Crippen molar-refractivity contribution in [3.8, 4) is 11.5 Å². The van der Waals surface area contributed by atoms with E-state index in [1.54, 1.807) is 19.2 Å². The maximum Gasteiger partial charge on any atom is 0.165 e. The standard InChI is InChI=1S/C17H19NO4/c1-18(21)7-6-17-10-3-5-13(20)16(17)22-15-12(19)4-2-9(14(15)17)8-11(10)18/h2-5,10-11,13,16,19-20H,6-8H2,1H3. The molecule has 2 N–H and O–H groups in total. The van der Waals surface area contributed by atoms with E-state index < -0.39 is 12.2 Å². The third-order valence-corrected chi connectivity index (χ3v) is 6.38. The van der Waals surface area contributed by atoms with Crippen LogP contribution in [0.25, 0.3) is 0 Å². The quantitative estimate of drug-likeness (QED) is 0.429. The molecule has 5 nitrogen and oxygen atoms in total. The van der Waals surface area contributed by atoms with E-state index in [4.69, 9.17) is 4.74 Å². The number of hydrogen-bond donors (Lipinski definition) is 2. The zero-order valence-electron chi connectivity index (χ0n) is 12.4. The van der Waals surface area contributed by atoms with Crippen molar-refractivity contribution < 1.29 is 19.6 Å². The van der Waals surface area contributed by atoms with Crippen LogP contribution in [0.15, 0.2) is 24.3 Å². The van der Waals surface area contributed by atoms with Crippen LogP contribution in [-0.2, 0) is 11.8 Å². The number of quaternary nitrogens is 1. The molecule has 1 aromatic rings. The smallest absolute Gasteiger partial charge is 0.165 e. The number of nitrogens with zero attached hydrogens (tertiary/aromatic N) is 1. The maximum atomic E-state index is 12.9. The minimum absolute atomic E-state index is 0.0495. The van der Waals surface area contributed by atoms with E-state index in [1.807, 2.05) is 12.1 Å². The van der Waals surface area contributed by atoms with Crippen molar-refractivity contribution in [3.05, 3.63) is 40.6 Å². The van der Waals surface area contributed by atoms with Crippen molar-refractivity contribution in [2.75, 3.05) is 13.6 Å². The van der Waals surface area contributed by atoms with E-state index in [0.717, 1.165) is 11.1 Å². The lowest BCUT2D eigenvalue weighted by atomic mass is 9.53. The molecule has 0 aromatic heterocycles. The molecular weight excluding hydrogens is 282 g/mol. The van der Waals surface area contributed by atoms with Crippen LogP contribution < -0.4 is 4.74 Å². The highest BCUT2D eigenvalue weighted by atomic mass is 16.5. The van der Waals surface area contributed by atoms with Crippen molar-refractivity contribution in [2.24, 2.45) is 5.92 Å². The second kappa shape index (κ2) is 3.67. The van der Waals surface area contributed by atoms with Crippen LogP contribution in [0.5, 0.6) is 11.5 Å². The van der Waals surface area contributed by atoms with E-state index in [-0.39, 0.29) is 27.8 Å². The number of likely N-dealkylation sites (N-methyl/N-ethyl adjacent to an activating group) is 1. The van der Waals surface area contributed by atoms with Crippen molar-refractivity contribution in [2.45, 2.75) is 36.5 Å². The first-order valence-electron chi connectivity index (χ1n) is 7.90. The Balaban J connectivity index is 1.84. The third kappa shape index (κ3) is 1.23. The topological polar surface area (TPSA) is 72.8 Å². The first-order chi connectivity index (χ1) is 10.4. The Kier molecular flexibility index (Phi) is 2.16. The number of aromatic hydroxyl groups is 1. The lowest BCUT2D eigenvalue weighted by molar-refractivity contribution is -0.898.